The largest absolute Gasteiger partial charge is 0.497 e. The monoisotopic (exact) mass is 390 g/mol. The Hall–Kier alpha value is -3.94. The Bertz CT molecular complexity index is 1090. The van der Waals surface area contributed by atoms with E-state index in [1.807, 2.05) is 36.4 Å². The van der Waals surface area contributed by atoms with Crippen LogP contribution >= 0.6 is 0 Å². The summed E-state index contributed by atoms with van der Waals surface area (Å²) in [6.45, 7) is 0. The zero-order valence-electron chi connectivity index (χ0n) is 15.7. The highest BCUT2D eigenvalue weighted by Crippen LogP contribution is 2.24. The van der Waals surface area contributed by atoms with Crippen LogP contribution in [0.25, 0.3) is 22.8 Å². The molecule has 1 N–H and O–H groups in total. The molecule has 0 atom stereocenters. The van der Waals surface area contributed by atoms with Crippen LogP contribution in [-0.4, -0.2) is 28.2 Å². The fraction of sp³-hybridized carbons (Fsp3) is 0.143. The smallest absolute Gasteiger partial charge is 0.247 e. The number of hydrogen-bond donors (Lipinski definition) is 1. The van der Waals surface area contributed by atoms with Crippen LogP contribution in [0.15, 0.2) is 70.0 Å². The summed E-state index contributed by atoms with van der Waals surface area (Å²) < 4.78 is 16.1. The zero-order chi connectivity index (χ0) is 20.1. The average molecular weight is 390 g/mol. The van der Waals surface area contributed by atoms with Crippen LogP contribution in [0.1, 0.15) is 12.3 Å². The molecule has 1 amide bonds. The molecule has 0 fully saturated rings. The first-order valence-electron chi connectivity index (χ1n) is 8.97. The van der Waals surface area contributed by atoms with E-state index in [0.717, 1.165) is 16.9 Å². The van der Waals surface area contributed by atoms with Crippen molar-refractivity contribution in [2.45, 2.75) is 12.8 Å². The second kappa shape index (κ2) is 8.39. The minimum absolute atomic E-state index is 0.142. The molecule has 0 radical (unpaired) electrons. The molecule has 4 aromatic rings. The normalized spacial score (nSPS) is 10.7. The molecule has 0 saturated carbocycles. The molecule has 0 saturated heterocycles. The van der Waals surface area contributed by atoms with E-state index in [1.54, 1.807) is 25.4 Å². The SMILES string of the molecule is COc1ccc(-c2cnc(CCC(=O)Nc3cccc(-c4nnco4)c3)o2)cc1. The second-order valence-corrected chi connectivity index (χ2v) is 6.22. The molecule has 0 aliphatic carbocycles. The highest BCUT2D eigenvalue weighted by Gasteiger charge is 2.11. The molecule has 8 heteroatoms. The lowest BCUT2D eigenvalue weighted by Gasteiger charge is -2.05. The first-order chi connectivity index (χ1) is 14.2. The van der Waals surface area contributed by atoms with Crippen LogP contribution in [0.3, 0.4) is 0 Å². The predicted octanol–water partition coefficient (Wildman–Crippen LogP) is 3.97. The number of ether oxygens (including phenoxy) is 1. The van der Waals surface area contributed by atoms with E-state index in [0.29, 0.717) is 29.6 Å². The molecule has 8 nitrogen and oxygen atoms in total. The Labute approximate surface area is 166 Å². The number of carbonyl (C=O) groups is 1. The first kappa shape index (κ1) is 18.4. The van der Waals surface area contributed by atoms with E-state index in [1.165, 1.54) is 6.39 Å². The van der Waals surface area contributed by atoms with Crippen LogP contribution in [0.4, 0.5) is 5.69 Å². The third-order valence-corrected chi connectivity index (χ3v) is 4.25. The van der Waals surface area contributed by atoms with Crippen molar-refractivity contribution in [3.8, 4) is 28.5 Å². The van der Waals surface area contributed by atoms with Gasteiger partial charge in [-0.05, 0) is 42.5 Å². The average Bonchev–Trinajstić information content (AvgIpc) is 3.45. The molecular formula is C21H18N4O4. The van der Waals surface area contributed by atoms with Crippen LogP contribution < -0.4 is 10.1 Å². The quantitative estimate of drug-likeness (QED) is 0.509. The Morgan fingerprint density at radius 1 is 1.14 bits per heavy atom. The summed E-state index contributed by atoms with van der Waals surface area (Å²) in [6.07, 6.45) is 3.55. The van der Waals surface area contributed by atoms with Crippen molar-refractivity contribution >= 4 is 11.6 Å². The van der Waals surface area contributed by atoms with Gasteiger partial charge in [-0.1, -0.05) is 6.07 Å². The maximum atomic E-state index is 12.3. The predicted molar refractivity (Wildman–Crippen MR) is 105 cm³/mol. The molecule has 0 aliphatic heterocycles. The Morgan fingerprint density at radius 3 is 2.76 bits per heavy atom. The zero-order valence-corrected chi connectivity index (χ0v) is 15.7. The molecule has 29 heavy (non-hydrogen) atoms. The van der Waals surface area contributed by atoms with Crippen molar-refractivity contribution in [1.82, 2.24) is 15.2 Å². The molecular weight excluding hydrogens is 372 g/mol. The highest BCUT2D eigenvalue weighted by atomic mass is 16.5. The third-order valence-electron chi connectivity index (χ3n) is 4.25. The fourth-order valence-electron chi connectivity index (χ4n) is 2.79. The fourth-order valence-corrected chi connectivity index (χ4v) is 2.79. The summed E-state index contributed by atoms with van der Waals surface area (Å²) in [6, 6.07) is 14.7. The third kappa shape index (κ3) is 4.49. The van der Waals surface area contributed by atoms with Crippen molar-refractivity contribution in [3.63, 3.8) is 0 Å². The van der Waals surface area contributed by atoms with Gasteiger partial charge in [-0.15, -0.1) is 10.2 Å². The summed E-state index contributed by atoms with van der Waals surface area (Å²) in [4.78, 5) is 16.5. The number of aromatic nitrogens is 3. The standard InChI is InChI=1S/C21H18N4O4/c1-27-17-7-5-14(6-8-17)18-12-22-20(29-18)10-9-19(26)24-16-4-2-3-15(11-16)21-25-23-13-28-21/h2-8,11-13H,9-10H2,1H3,(H,24,26). The Kier molecular flexibility index (Phi) is 5.33. The topological polar surface area (TPSA) is 103 Å². The lowest BCUT2D eigenvalue weighted by molar-refractivity contribution is -0.116. The number of rotatable bonds is 7. The van der Waals surface area contributed by atoms with E-state index >= 15 is 0 Å². The summed E-state index contributed by atoms with van der Waals surface area (Å²) in [7, 11) is 1.62. The summed E-state index contributed by atoms with van der Waals surface area (Å²) >= 11 is 0. The van der Waals surface area contributed by atoms with Crippen molar-refractivity contribution < 1.29 is 18.4 Å². The summed E-state index contributed by atoms with van der Waals surface area (Å²) in [5.41, 5.74) is 2.28. The lowest BCUT2D eigenvalue weighted by Crippen LogP contribution is -2.12. The van der Waals surface area contributed by atoms with Gasteiger partial charge in [0.25, 0.3) is 0 Å². The van der Waals surface area contributed by atoms with E-state index in [-0.39, 0.29) is 12.3 Å². The molecule has 0 aliphatic rings. The van der Waals surface area contributed by atoms with Gasteiger partial charge in [-0.2, -0.15) is 0 Å². The number of benzene rings is 2. The van der Waals surface area contributed by atoms with Gasteiger partial charge in [0.15, 0.2) is 11.7 Å². The van der Waals surface area contributed by atoms with E-state index < -0.39 is 0 Å². The van der Waals surface area contributed by atoms with Crippen molar-refractivity contribution in [2.24, 2.45) is 0 Å². The number of anilines is 1. The number of oxazole rings is 1. The molecule has 4 rings (SSSR count). The van der Waals surface area contributed by atoms with Crippen LogP contribution in [0.5, 0.6) is 5.75 Å². The number of carbonyl (C=O) groups excluding carboxylic acids is 1. The minimum Gasteiger partial charge on any atom is -0.497 e. The number of nitrogens with zero attached hydrogens (tertiary/aromatic N) is 3. The maximum Gasteiger partial charge on any atom is 0.247 e. The lowest BCUT2D eigenvalue weighted by atomic mass is 10.2. The van der Waals surface area contributed by atoms with Gasteiger partial charge < -0.3 is 18.9 Å². The van der Waals surface area contributed by atoms with Crippen molar-refractivity contribution in [3.05, 3.63) is 67.0 Å². The maximum absolute atomic E-state index is 12.3. The van der Waals surface area contributed by atoms with Crippen LogP contribution in [-0.2, 0) is 11.2 Å². The van der Waals surface area contributed by atoms with Gasteiger partial charge in [0.05, 0.1) is 13.3 Å². The molecule has 2 aromatic carbocycles. The summed E-state index contributed by atoms with van der Waals surface area (Å²) in [5, 5.41) is 10.4. The molecule has 2 aromatic heterocycles. The molecule has 0 unspecified atom stereocenters. The number of methoxy groups -OCH3 is 1. The number of nitrogens with one attached hydrogen (secondary N) is 1. The Morgan fingerprint density at radius 2 is 2.00 bits per heavy atom. The van der Waals surface area contributed by atoms with E-state index in [2.05, 4.69) is 20.5 Å². The van der Waals surface area contributed by atoms with Gasteiger partial charge >= 0.3 is 0 Å². The van der Waals surface area contributed by atoms with Gasteiger partial charge in [-0.25, -0.2) is 4.98 Å². The van der Waals surface area contributed by atoms with E-state index in [4.69, 9.17) is 13.6 Å². The molecule has 0 spiro atoms. The Balaban J connectivity index is 1.34. The highest BCUT2D eigenvalue weighted by molar-refractivity contribution is 5.91. The van der Waals surface area contributed by atoms with Crippen molar-refractivity contribution in [1.29, 1.82) is 0 Å². The van der Waals surface area contributed by atoms with Crippen LogP contribution in [0.2, 0.25) is 0 Å². The molecule has 146 valence electrons. The van der Waals surface area contributed by atoms with Gasteiger partial charge in [0.2, 0.25) is 18.2 Å². The second-order valence-electron chi connectivity index (χ2n) is 6.22. The van der Waals surface area contributed by atoms with Crippen molar-refractivity contribution in [2.75, 3.05) is 12.4 Å². The molecule has 2 heterocycles. The number of hydrogen-bond acceptors (Lipinski definition) is 7. The van der Waals surface area contributed by atoms with Crippen LogP contribution in [0, 0.1) is 0 Å². The number of amides is 1. The minimum atomic E-state index is -0.142. The van der Waals surface area contributed by atoms with Gasteiger partial charge in [-0.3, -0.25) is 4.79 Å². The van der Waals surface area contributed by atoms with Gasteiger partial charge in [0, 0.05) is 29.7 Å². The summed E-state index contributed by atoms with van der Waals surface area (Å²) in [5.74, 6) is 2.18. The van der Waals surface area contributed by atoms with E-state index in [9.17, 15) is 4.79 Å². The number of aryl methyl sites for hydroxylation is 1. The molecule has 0 bridgehead atoms. The van der Waals surface area contributed by atoms with Gasteiger partial charge in [0.1, 0.15) is 5.75 Å². The first-order valence-corrected chi connectivity index (χ1v) is 8.97.